The Bertz CT molecular complexity index is 271. The topological polar surface area (TPSA) is 29.3 Å². The van der Waals surface area contributed by atoms with Crippen LogP contribution in [0.1, 0.15) is 78.6 Å². The maximum Gasteiger partial charge on any atom is 0.0252 e. The van der Waals surface area contributed by atoms with Crippen molar-refractivity contribution < 1.29 is 0 Å². The fourth-order valence-electron chi connectivity index (χ4n) is 4.27. The average molecular weight is 280 g/mol. The standard InChI is InChI=1S/C18H36N2/c1-4-15-9-10-17(19)18(13-15)20(12-11-14(2)3)16-7-5-6-8-16/h14-18H,4-13,19H2,1-3H3. The molecular weight excluding hydrogens is 244 g/mol. The molecule has 2 aliphatic carbocycles. The van der Waals surface area contributed by atoms with E-state index in [1.807, 2.05) is 0 Å². The van der Waals surface area contributed by atoms with Crippen molar-refractivity contribution >= 4 is 0 Å². The molecule has 0 spiro atoms. The Balaban J connectivity index is 2.02. The quantitative estimate of drug-likeness (QED) is 0.790. The first-order valence-electron chi connectivity index (χ1n) is 9.13. The molecule has 0 aromatic rings. The van der Waals surface area contributed by atoms with Crippen molar-refractivity contribution in [2.24, 2.45) is 17.6 Å². The summed E-state index contributed by atoms with van der Waals surface area (Å²) in [5.74, 6) is 1.73. The van der Waals surface area contributed by atoms with Gasteiger partial charge in [0.25, 0.3) is 0 Å². The molecule has 0 radical (unpaired) electrons. The van der Waals surface area contributed by atoms with E-state index < -0.39 is 0 Å². The molecule has 0 bridgehead atoms. The Morgan fingerprint density at radius 1 is 1.10 bits per heavy atom. The van der Waals surface area contributed by atoms with Crippen molar-refractivity contribution in [3.8, 4) is 0 Å². The lowest BCUT2D eigenvalue weighted by Crippen LogP contribution is -2.54. The van der Waals surface area contributed by atoms with Crippen LogP contribution in [-0.4, -0.2) is 29.6 Å². The van der Waals surface area contributed by atoms with Crippen LogP contribution in [0.3, 0.4) is 0 Å². The molecule has 0 aromatic carbocycles. The van der Waals surface area contributed by atoms with Gasteiger partial charge in [0.05, 0.1) is 0 Å². The van der Waals surface area contributed by atoms with E-state index >= 15 is 0 Å². The third kappa shape index (κ3) is 4.21. The van der Waals surface area contributed by atoms with E-state index in [9.17, 15) is 0 Å². The molecule has 20 heavy (non-hydrogen) atoms. The lowest BCUT2D eigenvalue weighted by Gasteiger charge is -2.44. The molecule has 2 N–H and O–H groups in total. The highest BCUT2D eigenvalue weighted by atomic mass is 15.2. The lowest BCUT2D eigenvalue weighted by atomic mass is 9.80. The third-order valence-corrected chi connectivity index (χ3v) is 5.74. The Morgan fingerprint density at radius 2 is 1.80 bits per heavy atom. The van der Waals surface area contributed by atoms with Gasteiger partial charge in [0.1, 0.15) is 0 Å². The molecule has 0 heterocycles. The number of nitrogens with zero attached hydrogens (tertiary/aromatic N) is 1. The molecule has 2 fully saturated rings. The molecule has 0 aliphatic heterocycles. The summed E-state index contributed by atoms with van der Waals surface area (Å²) in [6.07, 6.45) is 12.3. The van der Waals surface area contributed by atoms with Crippen LogP contribution in [0.5, 0.6) is 0 Å². The fourth-order valence-corrected chi connectivity index (χ4v) is 4.27. The van der Waals surface area contributed by atoms with Gasteiger partial charge in [0, 0.05) is 18.1 Å². The summed E-state index contributed by atoms with van der Waals surface area (Å²) in [7, 11) is 0. The highest BCUT2D eigenvalue weighted by molar-refractivity contribution is 4.93. The number of rotatable bonds is 6. The average Bonchev–Trinajstić information content (AvgIpc) is 2.94. The van der Waals surface area contributed by atoms with E-state index in [2.05, 4.69) is 25.7 Å². The van der Waals surface area contributed by atoms with E-state index in [-0.39, 0.29) is 0 Å². The van der Waals surface area contributed by atoms with Crippen molar-refractivity contribution in [3.63, 3.8) is 0 Å². The predicted octanol–water partition coefficient (Wildman–Crippen LogP) is 4.18. The fraction of sp³-hybridized carbons (Fsp3) is 1.00. The van der Waals surface area contributed by atoms with Gasteiger partial charge in [-0.05, 0) is 56.9 Å². The van der Waals surface area contributed by atoms with Crippen molar-refractivity contribution in [1.82, 2.24) is 4.90 Å². The maximum absolute atomic E-state index is 6.53. The second-order valence-corrected chi connectivity index (χ2v) is 7.68. The minimum absolute atomic E-state index is 0.422. The van der Waals surface area contributed by atoms with Crippen molar-refractivity contribution in [2.45, 2.75) is 96.7 Å². The smallest absolute Gasteiger partial charge is 0.0252 e. The number of hydrogen-bond donors (Lipinski definition) is 1. The second kappa shape index (κ2) is 7.79. The summed E-state index contributed by atoms with van der Waals surface area (Å²) < 4.78 is 0. The van der Waals surface area contributed by atoms with Gasteiger partial charge in [-0.3, -0.25) is 4.90 Å². The van der Waals surface area contributed by atoms with Gasteiger partial charge in [-0.1, -0.05) is 40.0 Å². The van der Waals surface area contributed by atoms with Gasteiger partial charge in [-0.15, -0.1) is 0 Å². The van der Waals surface area contributed by atoms with Gasteiger partial charge >= 0.3 is 0 Å². The van der Waals surface area contributed by atoms with Crippen LogP contribution >= 0.6 is 0 Å². The molecule has 3 unspecified atom stereocenters. The number of hydrogen-bond acceptors (Lipinski definition) is 2. The lowest BCUT2D eigenvalue weighted by molar-refractivity contribution is 0.0673. The van der Waals surface area contributed by atoms with Crippen LogP contribution in [-0.2, 0) is 0 Å². The highest BCUT2D eigenvalue weighted by Gasteiger charge is 2.35. The van der Waals surface area contributed by atoms with Gasteiger partial charge in [0.15, 0.2) is 0 Å². The van der Waals surface area contributed by atoms with Crippen molar-refractivity contribution in [2.75, 3.05) is 6.54 Å². The van der Waals surface area contributed by atoms with Crippen LogP contribution in [0.4, 0.5) is 0 Å². The summed E-state index contributed by atoms with van der Waals surface area (Å²) in [6, 6.07) is 1.92. The molecule has 118 valence electrons. The van der Waals surface area contributed by atoms with E-state index in [1.165, 1.54) is 64.3 Å². The molecule has 0 aromatic heterocycles. The summed E-state index contributed by atoms with van der Waals surface area (Å²) in [5.41, 5.74) is 6.53. The molecule has 3 atom stereocenters. The highest BCUT2D eigenvalue weighted by Crippen LogP contribution is 2.34. The minimum atomic E-state index is 0.422. The Morgan fingerprint density at radius 3 is 2.40 bits per heavy atom. The summed E-state index contributed by atoms with van der Waals surface area (Å²) in [4.78, 5) is 2.85. The molecular formula is C18H36N2. The predicted molar refractivity (Wildman–Crippen MR) is 87.8 cm³/mol. The second-order valence-electron chi connectivity index (χ2n) is 7.68. The monoisotopic (exact) mass is 280 g/mol. The van der Waals surface area contributed by atoms with E-state index in [1.54, 1.807) is 0 Å². The van der Waals surface area contributed by atoms with E-state index in [4.69, 9.17) is 5.73 Å². The van der Waals surface area contributed by atoms with Gasteiger partial charge < -0.3 is 5.73 Å². The summed E-state index contributed by atoms with van der Waals surface area (Å²) >= 11 is 0. The van der Waals surface area contributed by atoms with Crippen LogP contribution < -0.4 is 5.73 Å². The first-order chi connectivity index (χ1) is 9.61. The van der Waals surface area contributed by atoms with Crippen molar-refractivity contribution in [1.29, 1.82) is 0 Å². The van der Waals surface area contributed by atoms with Gasteiger partial charge in [0.2, 0.25) is 0 Å². The first kappa shape index (κ1) is 16.3. The maximum atomic E-state index is 6.53. The molecule has 2 rings (SSSR count). The van der Waals surface area contributed by atoms with Gasteiger partial charge in [-0.2, -0.15) is 0 Å². The molecule has 2 heteroatoms. The van der Waals surface area contributed by atoms with Crippen molar-refractivity contribution in [3.05, 3.63) is 0 Å². The summed E-state index contributed by atoms with van der Waals surface area (Å²) in [5, 5.41) is 0. The largest absolute Gasteiger partial charge is 0.326 e. The van der Waals surface area contributed by atoms with Crippen LogP contribution in [0.15, 0.2) is 0 Å². The number of nitrogens with two attached hydrogens (primary N) is 1. The normalized spacial score (nSPS) is 32.4. The molecule has 2 nitrogen and oxygen atoms in total. The molecule has 2 aliphatic rings. The zero-order valence-electron chi connectivity index (χ0n) is 14.0. The van der Waals surface area contributed by atoms with E-state index in [0.717, 1.165) is 17.9 Å². The SMILES string of the molecule is CCC1CCC(N)C(N(CCC(C)C)C2CCCC2)C1. The van der Waals surface area contributed by atoms with Crippen LogP contribution in [0.25, 0.3) is 0 Å². The zero-order chi connectivity index (χ0) is 14.5. The Kier molecular flexibility index (Phi) is 6.35. The zero-order valence-corrected chi connectivity index (χ0v) is 14.0. The molecule has 2 saturated carbocycles. The summed E-state index contributed by atoms with van der Waals surface area (Å²) in [6.45, 7) is 8.33. The van der Waals surface area contributed by atoms with Crippen LogP contribution in [0.2, 0.25) is 0 Å². The third-order valence-electron chi connectivity index (χ3n) is 5.74. The Labute approximate surface area is 126 Å². The van der Waals surface area contributed by atoms with Gasteiger partial charge in [-0.25, -0.2) is 0 Å². The molecule has 0 saturated heterocycles. The molecule has 0 amide bonds. The van der Waals surface area contributed by atoms with E-state index in [0.29, 0.717) is 12.1 Å². The van der Waals surface area contributed by atoms with Crippen LogP contribution in [0, 0.1) is 11.8 Å². The minimum Gasteiger partial charge on any atom is -0.326 e. The first-order valence-corrected chi connectivity index (χ1v) is 9.13. The Hall–Kier alpha value is -0.0800.